The Morgan fingerprint density at radius 3 is 2.22 bits per heavy atom. The predicted octanol–water partition coefficient (Wildman–Crippen LogP) is 4.50. The monoisotopic (exact) mass is 284 g/mol. The van der Waals surface area contributed by atoms with Crippen molar-refractivity contribution in [1.29, 1.82) is 0 Å². The summed E-state index contributed by atoms with van der Waals surface area (Å²) >= 11 is 11.7. The molecule has 0 saturated carbocycles. The second-order valence-electron chi connectivity index (χ2n) is 3.65. The molecular formula is C13H7Cl2FO2. The summed E-state index contributed by atoms with van der Waals surface area (Å²) in [4.78, 5) is 11.1. The van der Waals surface area contributed by atoms with Gasteiger partial charge in [-0.1, -0.05) is 29.3 Å². The van der Waals surface area contributed by atoms with Crippen LogP contribution >= 0.6 is 23.2 Å². The summed E-state index contributed by atoms with van der Waals surface area (Å²) in [5, 5.41) is 9.83. The van der Waals surface area contributed by atoms with Gasteiger partial charge in [0.05, 0.1) is 5.56 Å². The molecule has 0 aliphatic heterocycles. The maximum Gasteiger partial charge on any atom is 0.336 e. The van der Waals surface area contributed by atoms with E-state index in [9.17, 15) is 9.18 Å². The average molecular weight is 285 g/mol. The van der Waals surface area contributed by atoms with Crippen molar-refractivity contribution in [3.63, 3.8) is 0 Å². The lowest BCUT2D eigenvalue weighted by Crippen LogP contribution is -2.00. The number of hydrogen-bond donors (Lipinski definition) is 1. The maximum atomic E-state index is 13.1. The van der Waals surface area contributed by atoms with Crippen LogP contribution in [0.25, 0.3) is 11.1 Å². The minimum Gasteiger partial charge on any atom is -0.478 e. The molecule has 2 nitrogen and oxygen atoms in total. The van der Waals surface area contributed by atoms with Gasteiger partial charge >= 0.3 is 5.97 Å². The van der Waals surface area contributed by atoms with E-state index in [1.165, 1.54) is 18.2 Å². The first-order valence-electron chi connectivity index (χ1n) is 4.96. The van der Waals surface area contributed by atoms with Crippen molar-refractivity contribution in [2.45, 2.75) is 0 Å². The topological polar surface area (TPSA) is 37.3 Å². The van der Waals surface area contributed by atoms with E-state index >= 15 is 0 Å². The number of rotatable bonds is 2. The molecule has 92 valence electrons. The van der Waals surface area contributed by atoms with Gasteiger partial charge in [0.2, 0.25) is 0 Å². The summed E-state index contributed by atoms with van der Waals surface area (Å²) in [7, 11) is 0. The van der Waals surface area contributed by atoms with E-state index in [0.717, 1.165) is 6.07 Å². The number of carbonyl (C=O) groups is 1. The van der Waals surface area contributed by atoms with Crippen LogP contribution in [0.15, 0.2) is 36.4 Å². The largest absolute Gasteiger partial charge is 0.478 e. The zero-order valence-corrected chi connectivity index (χ0v) is 10.5. The highest BCUT2D eigenvalue weighted by molar-refractivity contribution is 6.35. The third-order valence-corrected chi connectivity index (χ3v) is 2.82. The van der Waals surface area contributed by atoms with Crippen molar-refractivity contribution in [2.24, 2.45) is 0 Å². The van der Waals surface area contributed by atoms with Crippen LogP contribution in [0.2, 0.25) is 10.0 Å². The molecule has 0 saturated heterocycles. The molecular weight excluding hydrogens is 278 g/mol. The highest BCUT2D eigenvalue weighted by atomic mass is 35.5. The third-order valence-electron chi connectivity index (χ3n) is 2.39. The van der Waals surface area contributed by atoms with Crippen LogP contribution in [-0.2, 0) is 0 Å². The summed E-state index contributed by atoms with van der Waals surface area (Å²) in [5.74, 6) is -1.81. The number of halogens is 3. The molecule has 2 rings (SSSR count). The number of benzene rings is 2. The Morgan fingerprint density at radius 1 is 1.06 bits per heavy atom. The summed E-state index contributed by atoms with van der Waals surface area (Å²) in [5.41, 5.74) is 0.770. The molecule has 18 heavy (non-hydrogen) atoms. The fourth-order valence-electron chi connectivity index (χ4n) is 1.65. The van der Waals surface area contributed by atoms with Crippen molar-refractivity contribution in [3.8, 4) is 11.1 Å². The summed E-state index contributed by atoms with van der Waals surface area (Å²) in [6, 6.07) is 8.24. The fraction of sp³-hybridized carbons (Fsp3) is 0. The quantitative estimate of drug-likeness (QED) is 0.882. The van der Waals surface area contributed by atoms with E-state index in [1.807, 2.05) is 0 Å². The molecule has 2 aromatic rings. The highest BCUT2D eigenvalue weighted by Gasteiger charge is 2.13. The SMILES string of the molecule is O=C(O)c1cc(F)ccc1-c1cc(Cl)cc(Cl)c1. The molecule has 0 bridgehead atoms. The molecule has 0 spiro atoms. The fourth-order valence-corrected chi connectivity index (χ4v) is 2.18. The first-order chi connectivity index (χ1) is 8.47. The van der Waals surface area contributed by atoms with Crippen LogP contribution in [-0.4, -0.2) is 11.1 Å². The summed E-state index contributed by atoms with van der Waals surface area (Å²) < 4.78 is 13.1. The van der Waals surface area contributed by atoms with Gasteiger partial charge in [-0.2, -0.15) is 0 Å². The molecule has 0 radical (unpaired) electrons. The Morgan fingerprint density at radius 2 is 1.67 bits per heavy atom. The first-order valence-corrected chi connectivity index (χ1v) is 5.72. The van der Waals surface area contributed by atoms with Crippen LogP contribution in [0.1, 0.15) is 10.4 Å². The average Bonchev–Trinajstić information content (AvgIpc) is 2.27. The van der Waals surface area contributed by atoms with Crippen LogP contribution in [0.5, 0.6) is 0 Å². The van der Waals surface area contributed by atoms with Crippen LogP contribution in [0.3, 0.4) is 0 Å². The number of carboxylic acid groups (broad SMARTS) is 1. The normalized spacial score (nSPS) is 10.4. The minimum absolute atomic E-state index is 0.131. The zero-order valence-electron chi connectivity index (χ0n) is 8.95. The first kappa shape index (κ1) is 12.9. The molecule has 0 aliphatic rings. The molecule has 0 unspecified atom stereocenters. The number of aromatic carboxylic acids is 1. The lowest BCUT2D eigenvalue weighted by Gasteiger charge is -2.07. The lowest BCUT2D eigenvalue weighted by molar-refractivity contribution is 0.0697. The molecule has 0 amide bonds. The van der Waals surface area contributed by atoms with Gasteiger partial charge in [0.15, 0.2) is 0 Å². The number of hydrogen-bond acceptors (Lipinski definition) is 1. The Hall–Kier alpha value is -1.58. The zero-order chi connectivity index (χ0) is 13.3. The minimum atomic E-state index is -1.21. The number of carboxylic acids is 1. The Kier molecular flexibility index (Phi) is 3.55. The van der Waals surface area contributed by atoms with Crippen molar-refractivity contribution >= 4 is 29.2 Å². The van der Waals surface area contributed by atoms with E-state index in [1.54, 1.807) is 12.1 Å². The molecule has 0 aliphatic carbocycles. The van der Waals surface area contributed by atoms with Gasteiger partial charge in [-0.15, -0.1) is 0 Å². The van der Waals surface area contributed by atoms with E-state index < -0.39 is 11.8 Å². The van der Waals surface area contributed by atoms with Gasteiger partial charge in [0, 0.05) is 10.0 Å². The lowest BCUT2D eigenvalue weighted by atomic mass is 9.99. The summed E-state index contributed by atoms with van der Waals surface area (Å²) in [6.45, 7) is 0. The molecule has 0 atom stereocenters. The van der Waals surface area contributed by atoms with Gasteiger partial charge in [-0.3, -0.25) is 0 Å². The second kappa shape index (κ2) is 4.96. The van der Waals surface area contributed by atoms with Gasteiger partial charge < -0.3 is 5.11 Å². The van der Waals surface area contributed by atoms with Gasteiger partial charge in [0.25, 0.3) is 0 Å². The van der Waals surface area contributed by atoms with Crippen molar-refractivity contribution in [1.82, 2.24) is 0 Å². The molecule has 5 heteroatoms. The highest BCUT2D eigenvalue weighted by Crippen LogP contribution is 2.30. The van der Waals surface area contributed by atoms with Crippen LogP contribution in [0, 0.1) is 5.82 Å². The molecule has 0 heterocycles. The van der Waals surface area contributed by atoms with Crippen molar-refractivity contribution in [2.75, 3.05) is 0 Å². The molecule has 2 aromatic carbocycles. The van der Waals surface area contributed by atoms with E-state index in [0.29, 0.717) is 21.2 Å². The maximum absolute atomic E-state index is 13.1. The molecule has 1 N–H and O–H groups in total. The van der Waals surface area contributed by atoms with Crippen LogP contribution < -0.4 is 0 Å². The van der Waals surface area contributed by atoms with Gasteiger partial charge in [0.1, 0.15) is 5.82 Å². The van der Waals surface area contributed by atoms with E-state index in [-0.39, 0.29) is 5.56 Å². The second-order valence-corrected chi connectivity index (χ2v) is 4.53. The van der Waals surface area contributed by atoms with E-state index in [2.05, 4.69) is 0 Å². The Balaban J connectivity index is 2.66. The Bertz CT molecular complexity index is 606. The third kappa shape index (κ3) is 2.63. The summed E-state index contributed by atoms with van der Waals surface area (Å²) in [6.07, 6.45) is 0. The molecule has 0 aromatic heterocycles. The predicted molar refractivity (Wildman–Crippen MR) is 68.8 cm³/mol. The standard InChI is InChI=1S/C13H7Cl2FO2/c14-8-3-7(4-9(15)5-8)11-2-1-10(16)6-12(11)13(17)18/h1-6H,(H,17,18). The van der Waals surface area contributed by atoms with Crippen molar-refractivity contribution in [3.05, 3.63) is 57.8 Å². The van der Waals surface area contributed by atoms with Crippen molar-refractivity contribution < 1.29 is 14.3 Å². The van der Waals surface area contributed by atoms with Crippen LogP contribution in [0.4, 0.5) is 4.39 Å². The van der Waals surface area contributed by atoms with E-state index in [4.69, 9.17) is 28.3 Å². The molecule has 0 fully saturated rings. The Labute approximate surface area is 113 Å². The van der Waals surface area contributed by atoms with Gasteiger partial charge in [-0.25, -0.2) is 9.18 Å². The smallest absolute Gasteiger partial charge is 0.336 e. The van der Waals surface area contributed by atoms with Gasteiger partial charge in [-0.05, 0) is 41.5 Å².